The summed E-state index contributed by atoms with van der Waals surface area (Å²) in [5.41, 5.74) is 4.75. The second-order valence-corrected chi connectivity index (χ2v) is 9.47. The molecule has 160 valence electrons. The highest BCUT2D eigenvalue weighted by atomic mass is 32.2. The lowest BCUT2D eigenvalue weighted by Crippen LogP contribution is -2.26. The fraction of sp³-hybridized carbons (Fsp3) is 0.304. The second kappa shape index (κ2) is 9.28. The summed E-state index contributed by atoms with van der Waals surface area (Å²) in [7, 11) is 0. The summed E-state index contributed by atoms with van der Waals surface area (Å²) >= 11 is -0.473. The van der Waals surface area contributed by atoms with Gasteiger partial charge in [-0.1, -0.05) is 18.2 Å². The standard InChI is InChI=1S/C23H23N3O3S2/c1-14(2)29-21-10-9-15(11-16(21)12-24)23-25-13-22(30-23)19-7-3-6-18-17(19)5-4-8-20(18)26-31(27)28/h3,6-7,9-11,13-14,20,26H,4-5,8H2,1-2H3,(H,27,28). The van der Waals surface area contributed by atoms with Crippen LogP contribution in [-0.4, -0.2) is 19.8 Å². The van der Waals surface area contributed by atoms with Gasteiger partial charge in [-0.25, -0.2) is 13.9 Å². The summed E-state index contributed by atoms with van der Waals surface area (Å²) in [5.74, 6) is 0.579. The molecule has 0 spiro atoms. The SMILES string of the molecule is CC(C)Oc1ccc(-c2ncc(-c3cccc4c3CCCC4NS(=O)O)s2)cc1C#N. The minimum atomic E-state index is -2.05. The molecule has 1 aromatic heterocycles. The van der Waals surface area contributed by atoms with Crippen molar-refractivity contribution in [1.29, 1.82) is 5.26 Å². The average molecular weight is 454 g/mol. The van der Waals surface area contributed by atoms with Crippen LogP contribution in [0.5, 0.6) is 5.75 Å². The number of nitrogens with zero attached hydrogens (tertiary/aromatic N) is 2. The molecule has 0 bridgehead atoms. The predicted octanol–water partition coefficient (Wildman–Crippen LogP) is 5.24. The van der Waals surface area contributed by atoms with Gasteiger partial charge in [-0.05, 0) is 68.0 Å². The summed E-state index contributed by atoms with van der Waals surface area (Å²) in [6.45, 7) is 3.86. The van der Waals surface area contributed by atoms with Crippen LogP contribution in [0.2, 0.25) is 0 Å². The Morgan fingerprint density at radius 3 is 2.94 bits per heavy atom. The van der Waals surface area contributed by atoms with Gasteiger partial charge < -0.3 is 4.74 Å². The summed E-state index contributed by atoms with van der Waals surface area (Å²) in [6.07, 6.45) is 4.57. The number of hydrogen-bond donors (Lipinski definition) is 2. The normalized spacial score (nSPS) is 16.5. The maximum Gasteiger partial charge on any atom is 0.232 e. The zero-order chi connectivity index (χ0) is 22.0. The maximum absolute atomic E-state index is 11.3. The van der Waals surface area contributed by atoms with Crippen molar-refractivity contribution in [1.82, 2.24) is 9.71 Å². The second-order valence-electron chi connectivity index (χ2n) is 7.70. The number of fused-ring (bicyclic) bond motifs is 1. The van der Waals surface area contributed by atoms with E-state index in [1.54, 1.807) is 11.3 Å². The minimum absolute atomic E-state index is 0.00440. The first-order valence-electron chi connectivity index (χ1n) is 10.1. The van der Waals surface area contributed by atoms with Crippen LogP contribution in [0.15, 0.2) is 42.6 Å². The molecule has 0 saturated heterocycles. The first kappa shape index (κ1) is 21.7. The van der Waals surface area contributed by atoms with Gasteiger partial charge in [0, 0.05) is 17.8 Å². The molecule has 0 fully saturated rings. The molecule has 1 aliphatic rings. The van der Waals surface area contributed by atoms with Gasteiger partial charge in [0.25, 0.3) is 0 Å². The highest BCUT2D eigenvalue weighted by molar-refractivity contribution is 7.77. The maximum atomic E-state index is 11.3. The molecular formula is C23H23N3O3S2. The monoisotopic (exact) mass is 453 g/mol. The van der Waals surface area contributed by atoms with E-state index in [0.717, 1.165) is 45.8 Å². The lowest BCUT2D eigenvalue weighted by atomic mass is 9.85. The van der Waals surface area contributed by atoms with Crippen molar-refractivity contribution in [2.24, 2.45) is 0 Å². The third-order valence-corrected chi connectivity index (χ3v) is 6.80. The average Bonchev–Trinajstić information content (AvgIpc) is 3.23. The van der Waals surface area contributed by atoms with E-state index in [4.69, 9.17) is 4.74 Å². The molecule has 8 heteroatoms. The van der Waals surface area contributed by atoms with E-state index in [2.05, 4.69) is 21.8 Å². The highest BCUT2D eigenvalue weighted by Gasteiger charge is 2.24. The molecular weight excluding hydrogens is 430 g/mol. The van der Waals surface area contributed by atoms with Crippen LogP contribution >= 0.6 is 11.3 Å². The number of nitrogens with one attached hydrogen (secondary N) is 1. The van der Waals surface area contributed by atoms with Crippen LogP contribution in [0.3, 0.4) is 0 Å². The van der Waals surface area contributed by atoms with Crippen molar-refractivity contribution in [3.63, 3.8) is 0 Å². The Bertz CT molecular complexity index is 1170. The molecule has 0 saturated carbocycles. The molecule has 3 aromatic rings. The van der Waals surface area contributed by atoms with E-state index in [0.29, 0.717) is 11.3 Å². The molecule has 2 N–H and O–H groups in total. The fourth-order valence-corrected chi connectivity index (χ4v) is 5.42. The van der Waals surface area contributed by atoms with Crippen molar-refractivity contribution < 1.29 is 13.5 Å². The smallest absolute Gasteiger partial charge is 0.232 e. The molecule has 31 heavy (non-hydrogen) atoms. The van der Waals surface area contributed by atoms with Crippen molar-refractivity contribution in [3.8, 4) is 32.8 Å². The number of nitriles is 1. The molecule has 2 aromatic carbocycles. The van der Waals surface area contributed by atoms with Crippen molar-refractivity contribution in [3.05, 3.63) is 59.3 Å². The Morgan fingerprint density at radius 2 is 2.19 bits per heavy atom. The number of thiazole rings is 1. The quantitative estimate of drug-likeness (QED) is 0.498. The third kappa shape index (κ3) is 4.70. The Balaban J connectivity index is 1.68. The zero-order valence-corrected chi connectivity index (χ0v) is 18.9. The Kier molecular flexibility index (Phi) is 6.49. The third-order valence-electron chi connectivity index (χ3n) is 5.23. The first-order valence-corrected chi connectivity index (χ1v) is 12.0. The molecule has 4 rings (SSSR count). The van der Waals surface area contributed by atoms with Crippen LogP contribution in [0.25, 0.3) is 21.0 Å². The van der Waals surface area contributed by atoms with E-state index in [-0.39, 0.29) is 12.1 Å². The van der Waals surface area contributed by atoms with E-state index in [9.17, 15) is 14.0 Å². The first-order chi connectivity index (χ1) is 15.0. The zero-order valence-electron chi connectivity index (χ0n) is 17.3. The van der Waals surface area contributed by atoms with Gasteiger partial charge in [0.1, 0.15) is 16.8 Å². The van der Waals surface area contributed by atoms with Gasteiger partial charge in [-0.2, -0.15) is 5.26 Å². The van der Waals surface area contributed by atoms with Crippen LogP contribution in [0.1, 0.15) is 49.4 Å². The number of ether oxygens (including phenoxy) is 1. The Morgan fingerprint density at radius 1 is 1.35 bits per heavy atom. The number of aromatic nitrogens is 1. The summed E-state index contributed by atoms with van der Waals surface area (Å²) in [5, 5.41) is 10.3. The van der Waals surface area contributed by atoms with Gasteiger partial charge in [0.15, 0.2) is 0 Å². The van der Waals surface area contributed by atoms with Gasteiger partial charge >= 0.3 is 0 Å². The van der Waals surface area contributed by atoms with Gasteiger partial charge in [0.05, 0.1) is 16.5 Å². The van der Waals surface area contributed by atoms with Gasteiger partial charge in [-0.15, -0.1) is 11.3 Å². The topological polar surface area (TPSA) is 95.2 Å². The Hall–Kier alpha value is -2.57. The van der Waals surface area contributed by atoms with Gasteiger partial charge in [0.2, 0.25) is 11.3 Å². The van der Waals surface area contributed by atoms with Crippen molar-refractivity contribution >= 4 is 22.6 Å². The van der Waals surface area contributed by atoms with Gasteiger partial charge in [-0.3, -0.25) is 4.55 Å². The minimum Gasteiger partial charge on any atom is -0.490 e. The Labute approximate surface area is 188 Å². The molecule has 1 aliphatic carbocycles. The molecule has 1 heterocycles. The number of rotatable bonds is 6. The van der Waals surface area contributed by atoms with E-state index >= 15 is 0 Å². The van der Waals surface area contributed by atoms with Crippen molar-refractivity contribution in [2.75, 3.05) is 0 Å². The fourth-order valence-electron chi connectivity index (χ4n) is 3.96. The predicted molar refractivity (Wildman–Crippen MR) is 123 cm³/mol. The largest absolute Gasteiger partial charge is 0.490 e. The molecule has 0 aliphatic heterocycles. The summed E-state index contributed by atoms with van der Waals surface area (Å²) in [4.78, 5) is 5.65. The number of benzene rings is 2. The highest BCUT2D eigenvalue weighted by Crippen LogP contribution is 2.40. The summed E-state index contributed by atoms with van der Waals surface area (Å²) < 4.78 is 29.0. The number of hydrogen-bond acceptors (Lipinski definition) is 5. The molecule has 2 unspecified atom stereocenters. The van der Waals surface area contributed by atoms with E-state index in [1.165, 1.54) is 5.56 Å². The van der Waals surface area contributed by atoms with E-state index < -0.39 is 11.3 Å². The molecule has 0 radical (unpaired) electrons. The van der Waals surface area contributed by atoms with Crippen LogP contribution in [0.4, 0.5) is 0 Å². The molecule has 0 amide bonds. The molecule has 6 nitrogen and oxygen atoms in total. The van der Waals surface area contributed by atoms with Crippen LogP contribution < -0.4 is 9.46 Å². The van der Waals surface area contributed by atoms with Crippen LogP contribution in [0, 0.1) is 11.3 Å². The molecule has 2 atom stereocenters. The lowest BCUT2D eigenvalue weighted by molar-refractivity contribution is 0.242. The van der Waals surface area contributed by atoms with Crippen molar-refractivity contribution in [2.45, 2.75) is 45.3 Å². The van der Waals surface area contributed by atoms with E-state index in [1.807, 2.05) is 50.4 Å². The lowest BCUT2D eigenvalue weighted by Gasteiger charge is -2.26. The summed E-state index contributed by atoms with van der Waals surface area (Å²) in [6, 6.07) is 13.7. The van der Waals surface area contributed by atoms with Crippen LogP contribution in [-0.2, 0) is 17.7 Å².